The number of allylic oxidation sites excluding steroid dienone is 1. The molecule has 12 nitrogen and oxygen atoms in total. The van der Waals surface area contributed by atoms with Gasteiger partial charge in [0.25, 0.3) is 11.8 Å². The van der Waals surface area contributed by atoms with Gasteiger partial charge in [-0.2, -0.15) is 0 Å². The Morgan fingerprint density at radius 2 is 1.63 bits per heavy atom. The normalized spacial score (nSPS) is 19.2. The van der Waals surface area contributed by atoms with E-state index in [-0.39, 0.29) is 12.0 Å². The monoisotopic (exact) mass is 768 g/mol. The van der Waals surface area contributed by atoms with Crippen LogP contribution in [0.2, 0.25) is 0 Å². The van der Waals surface area contributed by atoms with Gasteiger partial charge in [0.2, 0.25) is 11.8 Å². The lowest BCUT2D eigenvalue weighted by Crippen LogP contribution is -2.64. The van der Waals surface area contributed by atoms with Crippen LogP contribution in [-0.4, -0.2) is 93.7 Å². The molecule has 3 fully saturated rings. The number of pyridine rings is 2. The van der Waals surface area contributed by atoms with Crippen LogP contribution < -0.4 is 14.8 Å². The lowest BCUT2D eigenvalue weighted by atomic mass is 9.61. The highest BCUT2D eigenvalue weighted by Crippen LogP contribution is 2.50. The fourth-order valence-electron chi connectivity index (χ4n) is 9.10. The maximum Gasteiger partial charge on any atom is 0.262 e. The summed E-state index contributed by atoms with van der Waals surface area (Å²) in [5, 5.41) is 5.03. The molecule has 6 heterocycles. The number of aryl methyl sites for hydroxylation is 1. The second-order valence-corrected chi connectivity index (χ2v) is 16.1. The molecule has 0 bridgehead atoms. The van der Waals surface area contributed by atoms with Crippen LogP contribution in [0.15, 0.2) is 85.5 Å². The van der Waals surface area contributed by atoms with Crippen molar-refractivity contribution in [3.8, 4) is 22.8 Å². The van der Waals surface area contributed by atoms with Crippen LogP contribution >= 0.6 is 0 Å². The van der Waals surface area contributed by atoms with Gasteiger partial charge in [-0.3, -0.25) is 24.3 Å². The van der Waals surface area contributed by atoms with E-state index in [1.165, 1.54) is 16.4 Å². The summed E-state index contributed by atoms with van der Waals surface area (Å²) in [5.74, 6) is -0.00563. The number of nitrogens with zero attached hydrogens (tertiary/aromatic N) is 5. The predicted octanol–water partition coefficient (Wildman–Crippen LogP) is 6.68. The maximum atomic E-state index is 13.2. The average Bonchev–Trinajstić information content (AvgIpc) is 3.61. The number of fused-ring (bicyclic) bond motifs is 4. The van der Waals surface area contributed by atoms with Crippen LogP contribution in [-0.2, 0) is 16.6 Å². The molecule has 9 rings (SSSR count). The number of nitrogens with one attached hydrogen (secondary N) is 1. The zero-order valence-corrected chi connectivity index (χ0v) is 32.4. The number of hydrogen-bond donors (Lipinski definition) is 1. The van der Waals surface area contributed by atoms with Crippen molar-refractivity contribution in [2.24, 2.45) is 12.5 Å². The molecule has 3 aromatic heterocycles. The molecule has 3 amide bonds. The summed E-state index contributed by atoms with van der Waals surface area (Å²) in [4.78, 5) is 51.2. The van der Waals surface area contributed by atoms with Crippen molar-refractivity contribution in [1.82, 2.24) is 29.7 Å². The number of imide groups is 1. The summed E-state index contributed by atoms with van der Waals surface area (Å²) in [5.41, 5.74) is 6.07. The lowest BCUT2D eigenvalue weighted by molar-refractivity contribution is -0.125. The Hall–Kier alpha value is -5.59. The second-order valence-electron chi connectivity index (χ2n) is 16.1. The Morgan fingerprint density at radius 1 is 0.842 bits per heavy atom. The Bertz CT molecular complexity index is 2360. The topological polar surface area (TPSA) is 128 Å². The van der Waals surface area contributed by atoms with Gasteiger partial charge in [0, 0.05) is 91.0 Å². The number of piperidine rings is 1. The van der Waals surface area contributed by atoms with E-state index >= 15 is 0 Å². The van der Waals surface area contributed by atoms with E-state index in [0.29, 0.717) is 53.3 Å². The van der Waals surface area contributed by atoms with Crippen molar-refractivity contribution < 1.29 is 28.6 Å². The number of likely N-dealkylation sites (tertiary alicyclic amines) is 1. The van der Waals surface area contributed by atoms with E-state index in [4.69, 9.17) is 14.2 Å². The van der Waals surface area contributed by atoms with Crippen molar-refractivity contribution in [3.63, 3.8) is 0 Å². The molecular formula is C45H48N6O6. The molecule has 1 spiro atoms. The molecule has 57 heavy (non-hydrogen) atoms. The van der Waals surface area contributed by atoms with E-state index < -0.39 is 17.9 Å². The zero-order valence-electron chi connectivity index (χ0n) is 32.4. The van der Waals surface area contributed by atoms with Crippen molar-refractivity contribution in [2.45, 2.75) is 63.5 Å². The molecule has 1 N–H and O–H groups in total. The smallest absolute Gasteiger partial charge is 0.262 e. The van der Waals surface area contributed by atoms with E-state index in [1.54, 1.807) is 18.2 Å². The molecule has 3 aliphatic heterocycles. The van der Waals surface area contributed by atoms with Gasteiger partial charge in [-0.15, -0.1) is 0 Å². The standard InChI is InChI=1S/C45H48N6O6/c1-29-7-13-39(42(52)48-29)51-43(53)35-12-10-32(22-36(35)44(51)54)57-33-23-45(24-33)27-50(28-45)17-3-4-18-55-19-5-6-20-56-41-14-9-31(25-47-41)30-8-11-34-37-26-46-16-15-38(37)49(2)40(34)21-30/h8-12,14-16,21-22,25-26,33,39H,1,3-7,13,17-20,23-24,27-28H2,2H3,(H,48,52). The molecule has 1 saturated carbocycles. The third kappa shape index (κ3) is 7.28. The molecule has 12 heteroatoms. The third-order valence-electron chi connectivity index (χ3n) is 12.1. The number of aromatic nitrogens is 3. The van der Waals surface area contributed by atoms with Crippen molar-refractivity contribution in [3.05, 3.63) is 96.6 Å². The molecule has 294 valence electrons. The molecule has 4 aliphatic rings. The Balaban J connectivity index is 0.620. The predicted molar refractivity (Wildman–Crippen MR) is 216 cm³/mol. The number of amides is 3. The highest BCUT2D eigenvalue weighted by Gasteiger charge is 2.53. The van der Waals surface area contributed by atoms with Gasteiger partial charge < -0.3 is 29.0 Å². The summed E-state index contributed by atoms with van der Waals surface area (Å²) in [6, 6.07) is 16.8. The first-order valence-electron chi connectivity index (χ1n) is 20.1. The van der Waals surface area contributed by atoms with Crippen molar-refractivity contribution >= 4 is 39.5 Å². The number of hydrogen-bond acceptors (Lipinski definition) is 9. The van der Waals surface area contributed by atoms with Crippen LogP contribution in [0.3, 0.4) is 0 Å². The average molecular weight is 769 g/mol. The van der Waals surface area contributed by atoms with Crippen LogP contribution in [0.5, 0.6) is 11.6 Å². The first-order valence-corrected chi connectivity index (χ1v) is 20.1. The van der Waals surface area contributed by atoms with Gasteiger partial charge in [-0.25, -0.2) is 4.98 Å². The molecule has 1 unspecified atom stereocenters. The number of rotatable bonds is 15. The largest absolute Gasteiger partial charge is 0.490 e. The third-order valence-corrected chi connectivity index (χ3v) is 12.1. The molecule has 5 aromatic rings. The molecule has 0 radical (unpaired) electrons. The van der Waals surface area contributed by atoms with Crippen LogP contribution in [0.25, 0.3) is 32.9 Å². The maximum absolute atomic E-state index is 13.2. The van der Waals surface area contributed by atoms with Crippen LogP contribution in [0, 0.1) is 5.41 Å². The minimum Gasteiger partial charge on any atom is -0.490 e. The second kappa shape index (κ2) is 15.4. The van der Waals surface area contributed by atoms with E-state index in [2.05, 4.69) is 62.6 Å². The van der Waals surface area contributed by atoms with E-state index in [1.807, 2.05) is 30.7 Å². The highest BCUT2D eigenvalue weighted by molar-refractivity contribution is 6.23. The number of unbranched alkanes of at least 4 members (excludes halogenated alkanes) is 2. The Labute approximate surface area is 331 Å². The first-order chi connectivity index (χ1) is 27.7. The van der Waals surface area contributed by atoms with Gasteiger partial charge >= 0.3 is 0 Å². The van der Waals surface area contributed by atoms with Gasteiger partial charge in [0.15, 0.2) is 0 Å². The van der Waals surface area contributed by atoms with Crippen molar-refractivity contribution in [2.75, 3.05) is 39.5 Å². The van der Waals surface area contributed by atoms with Gasteiger partial charge in [-0.1, -0.05) is 18.7 Å². The minimum absolute atomic E-state index is 0.0976. The minimum atomic E-state index is -0.817. The van der Waals surface area contributed by atoms with E-state index in [0.717, 1.165) is 92.8 Å². The van der Waals surface area contributed by atoms with Crippen molar-refractivity contribution in [1.29, 1.82) is 0 Å². The summed E-state index contributed by atoms with van der Waals surface area (Å²) < 4.78 is 20.3. The number of ether oxygens (including phenoxy) is 3. The summed E-state index contributed by atoms with van der Waals surface area (Å²) in [6.07, 6.45) is 12.6. The molecule has 1 atom stereocenters. The highest BCUT2D eigenvalue weighted by atomic mass is 16.5. The van der Waals surface area contributed by atoms with E-state index in [9.17, 15) is 14.4 Å². The van der Waals surface area contributed by atoms with Gasteiger partial charge in [-0.05, 0) is 99.9 Å². The van der Waals surface area contributed by atoms with Gasteiger partial charge in [0.1, 0.15) is 11.8 Å². The van der Waals surface area contributed by atoms with Crippen LogP contribution in [0.4, 0.5) is 0 Å². The molecular weight excluding hydrogens is 721 g/mol. The number of benzene rings is 2. The fraction of sp³-hybridized carbons (Fsp3) is 0.400. The quantitative estimate of drug-likeness (QED) is 0.0917. The molecule has 1 aliphatic carbocycles. The Kier molecular flexibility index (Phi) is 10.00. The summed E-state index contributed by atoms with van der Waals surface area (Å²) in [7, 11) is 2.09. The fourth-order valence-corrected chi connectivity index (χ4v) is 9.10. The van der Waals surface area contributed by atoms with Crippen LogP contribution in [0.1, 0.15) is 72.1 Å². The molecule has 2 saturated heterocycles. The number of carbonyl (C=O) groups excluding carboxylic acids is 3. The summed E-state index contributed by atoms with van der Waals surface area (Å²) in [6.45, 7) is 9.16. The molecule has 2 aromatic carbocycles. The lowest BCUT2D eigenvalue weighted by Gasteiger charge is -2.58. The zero-order chi connectivity index (χ0) is 39.1. The first kappa shape index (κ1) is 37.0. The number of carbonyl (C=O) groups is 3. The Morgan fingerprint density at radius 3 is 2.44 bits per heavy atom. The van der Waals surface area contributed by atoms with Gasteiger partial charge in [0.05, 0.1) is 29.4 Å². The SMILES string of the molecule is C=C1CCC(N2C(=O)c3ccc(OC4CC5(C4)CN(CCCCOCCCCOc4ccc(-c6ccc7c8cnccc8n(C)c7c6)cn4)C5)cc3C2=O)C(=O)N1. The summed E-state index contributed by atoms with van der Waals surface area (Å²) >= 11 is 0.